The van der Waals surface area contributed by atoms with Crippen LogP contribution in [-0.4, -0.2) is 18.5 Å². The Morgan fingerprint density at radius 3 is 2.33 bits per heavy atom. The lowest BCUT2D eigenvalue weighted by Gasteiger charge is -2.08. The first-order valence-electron chi connectivity index (χ1n) is 4.83. The number of rotatable bonds is 3. The molecule has 0 aliphatic carbocycles. The van der Waals surface area contributed by atoms with Crippen molar-refractivity contribution in [3.63, 3.8) is 0 Å². The largest absolute Gasteiger partial charge is 0.573 e. The number of hydrogen-bond acceptors (Lipinski definition) is 4. The molecule has 3 nitrogen and oxygen atoms in total. The summed E-state index contributed by atoms with van der Waals surface area (Å²) in [5.41, 5.74) is 0.706. The van der Waals surface area contributed by atoms with Gasteiger partial charge in [0.15, 0.2) is 0 Å². The summed E-state index contributed by atoms with van der Waals surface area (Å²) in [6.45, 7) is 0. The molecule has 0 amide bonds. The summed E-state index contributed by atoms with van der Waals surface area (Å²) in [5, 5.41) is 2.39. The highest BCUT2D eigenvalue weighted by atomic mass is 32.1. The average Bonchev–Trinajstić information content (AvgIpc) is 2.76. The van der Waals surface area contributed by atoms with Crippen molar-refractivity contribution in [2.75, 3.05) is 7.11 Å². The molecule has 2 rings (SSSR count). The molecule has 0 saturated carbocycles. The number of nitrogens with zero attached hydrogens (tertiary/aromatic N) is 1. The number of methoxy groups -OCH3 is 1. The van der Waals surface area contributed by atoms with E-state index in [-0.39, 0.29) is 5.75 Å². The van der Waals surface area contributed by atoms with Crippen LogP contribution in [0.25, 0.3) is 10.6 Å². The van der Waals surface area contributed by atoms with E-state index in [4.69, 9.17) is 4.74 Å². The van der Waals surface area contributed by atoms with E-state index in [0.29, 0.717) is 16.5 Å². The fourth-order valence-corrected chi connectivity index (χ4v) is 2.06. The Bertz CT molecular complexity index is 522. The molecule has 1 aromatic heterocycles. The third-order valence-corrected chi connectivity index (χ3v) is 2.90. The van der Waals surface area contributed by atoms with Crippen LogP contribution in [0.5, 0.6) is 11.6 Å². The molecule has 0 atom stereocenters. The summed E-state index contributed by atoms with van der Waals surface area (Å²) in [4.78, 5) is 4.14. The standard InChI is InChI=1S/C11H8F3NO2S/c1-16-9-6-18-10(15-9)7-2-4-8(5-3-7)17-11(12,13)14/h2-6H,1H3. The van der Waals surface area contributed by atoms with Crippen molar-refractivity contribution >= 4 is 11.3 Å². The van der Waals surface area contributed by atoms with Gasteiger partial charge in [-0.1, -0.05) is 0 Å². The van der Waals surface area contributed by atoms with Crippen molar-refractivity contribution in [1.82, 2.24) is 4.98 Å². The highest BCUT2D eigenvalue weighted by Crippen LogP contribution is 2.29. The summed E-state index contributed by atoms with van der Waals surface area (Å²) >= 11 is 1.35. The summed E-state index contributed by atoms with van der Waals surface area (Å²) in [7, 11) is 1.50. The van der Waals surface area contributed by atoms with E-state index < -0.39 is 6.36 Å². The van der Waals surface area contributed by atoms with Crippen LogP contribution in [0.2, 0.25) is 0 Å². The number of halogens is 3. The van der Waals surface area contributed by atoms with Gasteiger partial charge in [-0.3, -0.25) is 0 Å². The first-order chi connectivity index (χ1) is 8.48. The molecule has 1 heterocycles. The zero-order chi connectivity index (χ0) is 13.2. The number of benzene rings is 1. The van der Waals surface area contributed by atoms with E-state index >= 15 is 0 Å². The van der Waals surface area contributed by atoms with E-state index in [9.17, 15) is 13.2 Å². The number of hydrogen-bond donors (Lipinski definition) is 0. The van der Waals surface area contributed by atoms with Crippen molar-refractivity contribution in [2.24, 2.45) is 0 Å². The molecule has 96 valence electrons. The maximum atomic E-state index is 12.0. The molecule has 0 bridgehead atoms. The van der Waals surface area contributed by atoms with Gasteiger partial charge in [0.2, 0.25) is 5.88 Å². The predicted molar refractivity (Wildman–Crippen MR) is 60.8 cm³/mol. The summed E-state index contributed by atoms with van der Waals surface area (Å²) < 4.78 is 44.6. The minimum atomic E-state index is -4.67. The molecule has 18 heavy (non-hydrogen) atoms. The predicted octanol–water partition coefficient (Wildman–Crippen LogP) is 3.72. The van der Waals surface area contributed by atoms with Crippen molar-refractivity contribution < 1.29 is 22.6 Å². The highest BCUT2D eigenvalue weighted by Gasteiger charge is 2.30. The molecule has 0 fully saturated rings. The van der Waals surface area contributed by atoms with Crippen molar-refractivity contribution in [3.8, 4) is 22.2 Å². The highest BCUT2D eigenvalue weighted by molar-refractivity contribution is 7.13. The topological polar surface area (TPSA) is 31.4 Å². The Hall–Kier alpha value is -1.76. The number of alkyl halides is 3. The quantitative estimate of drug-likeness (QED) is 0.855. The Kier molecular flexibility index (Phi) is 3.42. The van der Waals surface area contributed by atoms with Crippen LogP contribution >= 0.6 is 11.3 Å². The molecule has 7 heteroatoms. The van der Waals surface area contributed by atoms with Gasteiger partial charge in [-0.15, -0.1) is 24.5 Å². The number of thiazole rings is 1. The molecule has 0 spiro atoms. The van der Waals surface area contributed by atoms with E-state index in [1.165, 1.54) is 42.7 Å². The zero-order valence-electron chi connectivity index (χ0n) is 9.19. The second-order valence-corrected chi connectivity index (χ2v) is 4.13. The first kappa shape index (κ1) is 12.7. The van der Waals surface area contributed by atoms with Gasteiger partial charge in [0, 0.05) is 5.56 Å². The summed E-state index contributed by atoms with van der Waals surface area (Å²) in [6, 6.07) is 5.52. The lowest BCUT2D eigenvalue weighted by atomic mass is 10.2. The van der Waals surface area contributed by atoms with E-state index in [1.807, 2.05) is 0 Å². The summed E-state index contributed by atoms with van der Waals surface area (Å²) in [5.74, 6) is 0.223. The smallest absolute Gasteiger partial charge is 0.480 e. The zero-order valence-corrected chi connectivity index (χ0v) is 10.0. The Labute approximate surface area is 105 Å². The Balaban J connectivity index is 2.17. The van der Waals surface area contributed by atoms with Crippen molar-refractivity contribution in [1.29, 1.82) is 0 Å². The van der Waals surface area contributed by atoms with E-state index in [1.54, 1.807) is 5.38 Å². The van der Waals surface area contributed by atoms with Crippen LogP contribution < -0.4 is 9.47 Å². The fraction of sp³-hybridized carbons (Fsp3) is 0.182. The minimum Gasteiger partial charge on any atom is -0.480 e. The van der Waals surface area contributed by atoms with Crippen LogP contribution in [0.15, 0.2) is 29.6 Å². The monoisotopic (exact) mass is 275 g/mol. The Morgan fingerprint density at radius 2 is 1.83 bits per heavy atom. The van der Waals surface area contributed by atoms with Gasteiger partial charge >= 0.3 is 6.36 Å². The fourth-order valence-electron chi connectivity index (χ4n) is 1.28. The van der Waals surface area contributed by atoms with Gasteiger partial charge in [-0.05, 0) is 24.3 Å². The van der Waals surface area contributed by atoms with Gasteiger partial charge < -0.3 is 9.47 Å². The van der Waals surface area contributed by atoms with Gasteiger partial charge in [-0.2, -0.15) is 0 Å². The second kappa shape index (κ2) is 4.85. The van der Waals surface area contributed by atoms with Crippen LogP contribution in [0.3, 0.4) is 0 Å². The number of aromatic nitrogens is 1. The third-order valence-electron chi connectivity index (χ3n) is 2.03. The van der Waals surface area contributed by atoms with Crippen LogP contribution in [-0.2, 0) is 0 Å². The molecule has 0 saturated heterocycles. The molecular weight excluding hydrogens is 267 g/mol. The molecule has 0 aliphatic rings. The molecular formula is C11H8F3NO2S. The van der Waals surface area contributed by atoms with E-state index in [2.05, 4.69) is 9.72 Å². The van der Waals surface area contributed by atoms with Crippen molar-refractivity contribution in [2.45, 2.75) is 6.36 Å². The molecule has 0 unspecified atom stereocenters. The lowest BCUT2D eigenvalue weighted by Crippen LogP contribution is -2.16. The molecule has 0 N–H and O–H groups in total. The summed E-state index contributed by atoms with van der Waals surface area (Å²) in [6.07, 6.45) is -4.67. The SMILES string of the molecule is COc1csc(-c2ccc(OC(F)(F)F)cc2)n1. The molecule has 0 aliphatic heterocycles. The van der Waals surface area contributed by atoms with Gasteiger partial charge in [0.1, 0.15) is 10.8 Å². The third kappa shape index (κ3) is 3.13. The second-order valence-electron chi connectivity index (χ2n) is 3.27. The minimum absolute atomic E-state index is 0.255. The van der Waals surface area contributed by atoms with Gasteiger partial charge in [0.05, 0.1) is 12.5 Å². The Morgan fingerprint density at radius 1 is 1.17 bits per heavy atom. The normalized spacial score (nSPS) is 11.3. The first-order valence-corrected chi connectivity index (χ1v) is 5.71. The molecule has 2 aromatic rings. The average molecular weight is 275 g/mol. The number of ether oxygens (including phenoxy) is 2. The van der Waals surface area contributed by atoms with Gasteiger partial charge in [0.25, 0.3) is 0 Å². The van der Waals surface area contributed by atoms with Crippen LogP contribution in [0.4, 0.5) is 13.2 Å². The molecule has 0 radical (unpaired) electrons. The van der Waals surface area contributed by atoms with E-state index in [0.717, 1.165) is 0 Å². The van der Waals surface area contributed by atoms with Crippen molar-refractivity contribution in [3.05, 3.63) is 29.6 Å². The van der Waals surface area contributed by atoms with Crippen LogP contribution in [0.1, 0.15) is 0 Å². The maximum Gasteiger partial charge on any atom is 0.573 e. The van der Waals surface area contributed by atoms with Gasteiger partial charge in [-0.25, -0.2) is 4.98 Å². The lowest BCUT2D eigenvalue weighted by molar-refractivity contribution is -0.274. The molecule has 1 aromatic carbocycles. The maximum absolute atomic E-state index is 12.0. The van der Waals surface area contributed by atoms with Crippen LogP contribution in [0, 0.1) is 0 Å².